The number of carbonyl (C=O) groups excluding carboxylic acids is 2. The lowest BCUT2D eigenvalue weighted by molar-refractivity contribution is -0.147. The van der Waals surface area contributed by atoms with E-state index in [4.69, 9.17) is 9.47 Å². The molecule has 0 bridgehead atoms. The molecule has 7 nitrogen and oxygen atoms in total. The Morgan fingerprint density at radius 3 is 2.59 bits per heavy atom. The third kappa shape index (κ3) is 5.70. The number of nitrogens with zero attached hydrogens (tertiary/aromatic N) is 1. The van der Waals surface area contributed by atoms with E-state index in [1.165, 1.54) is 14.0 Å². The number of carbonyl (C=O) groups is 3. The van der Waals surface area contributed by atoms with Gasteiger partial charge in [-0.2, -0.15) is 0 Å². The second-order valence-electron chi connectivity index (χ2n) is 7.05. The molecule has 1 saturated heterocycles. The molecular formula is C20H27NO6. The number of carboxylic acid groups (broad SMARTS) is 1. The molecule has 1 N–H and O–H groups in total. The predicted octanol–water partition coefficient (Wildman–Crippen LogP) is 2.63. The lowest BCUT2D eigenvalue weighted by Gasteiger charge is -2.34. The zero-order valence-corrected chi connectivity index (χ0v) is 16.1. The highest BCUT2D eigenvalue weighted by atomic mass is 16.5. The Labute approximate surface area is 159 Å². The van der Waals surface area contributed by atoms with E-state index in [-0.39, 0.29) is 24.2 Å². The number of amides is 1. The molecule has 1 aromatic carbocycles. The Kier molecular flexibility index (Phi) is 7.21. The van der Waals surface area contributed by atoms with Gasteiger partial charge in [-0.05, 0) is 43.9 Å². The van der Waals surface area contributed by atoms with Gasteiger partial charge in [-0.15, -0.1) is 0 Å². The molecule has 0 saturated carbocycles. The summed E-state index contributed by atoms with van der Waals surface area (Å²) in [5.41, 5.74) is 0.543. The number of benzene rings is 1. The quantitative estimate of drug-likeness (QED) is 0.553. The molecule has 148 valence electrons. The van der Waals surface area contributed by atoms with Crippen LogP contribution in [0.3, 0.4) is 0 Å². The van der Waals surface area contributed by atoms with Crippen LogP contribution in [0.1, 0.15) is 43.5 Å². The van der Waals surface area contributed by atoms with E-state index in [0.717, 1.165) is 0 Å². The van der Waals surface area contributed by atoms with Gasteiger partial charge in [0.1, 0.15) is 0 Å². The normalized spacial score (nSPS) is 19.4. The van der Waals surface area contributed by atoms with Gasteiger partial charge in [0, 0.05) is 25.1 Å². The molecule has 27 heavy (non-hydrogen) atoms. The van der Waals surface area contributed by atoms with Gasteiger partial charge in [0.05, 0.1) is 19.6 Å². The van der Waals surface area contributed by atoms with Crippen molar-refractivity contribution < 1.29 is 29.0 Å². The minimum Gasteiger partial charge on any atom is -0.493 e. The molecule has 2 rings (SSSR count). The van der Waals surface area contributed by atoms with E-state index < -0.39 is 11.9 Å². The smallest absolute Gasteiger partial charge is 0.308 e. The van der Waals surface area contributed by atoms with E-state index >= 15 is 0 Å². The Bertz CT molecular complexity index is 702. The molecule has 0 spiro atoms. The van der Waals surface area contributed by atoms with Crippen LogP contribution in [0.2, 0.25) is 0 Å². The molecule has 1 aliphatic heterocycles. The van der Waals surface area contributed by atoms with Crippen LogP contribution in [-0.4, -0.2) is 54.5 Å². The number of hydrogen-bond acceptors (Lipinski definition) is 5. The maximum Gasteiger partial charge on any atom is 0.308 e. The van der Waals surface area contributed by atoms with Crippen LogP contribution in [-0.2, 0) is 9.59 Å². The summed E-state index contributed by atoms with van der Waals surface area (Å²) in [5.74, 6) is -0.252. The number of hydrogen-bond donors (Lipinski definition) is 1. The van der Waals surface area contributed by atoms with Gasteiger partial charge in [0.15, 0.2) is 17.3 Å². The van der Waals surface area contributed by atoms with E-state index in [0.29, 0.717) is 49.5 Å². The Morgan fingerprint density at radius 1 is 1.22 bits per heavy atom. The van der Waals surface area contributed by atoms with Crippen LogP contribution >= 0.6 is 0 Å². The zero-order valence-electron chi connectivity index (χ0n) is 16.1. The van der Waals surface area contributed by atoms with Crippen molar-refractivity contribution in [3.05, 3.63) is 23.8 Å². The first-order valence-electron chi connectivity index (χ1n) is 9.14. The van der Waals surface area contributed by atoms with Crippen molar-refractivity contribution in [1.29, 1.82) is 0 Å². The highest BCUT2D eigenvalue weighted by Crippen LogP contribution is 2.28. The lowest BCUT2D eigenvalue weighted by Crippen LogP contribution is -2.45. The molecular weight excluding hydrogens is 350 g/mol. The second-order valence-corrected chi connectivity index (χ2v) is 7.05. The third-order valence-electron chi connectivity index (χ3n) is 4.72. The molecule has 0 aromatic heterocycles. The van der Waals surface area contributed by atoms with Crippen LogP contribution in [0, 0.1) is 11.8 Å². The van der Waals surface area contributed by atoms with E-state index in [1.807, 2.05) is 6.92 Å². The number of carboxylic acids is 1. The maximum absolute atomic E-state index is 12.4. The first-order valence-corrected chi connectivity index (χ1v) is 9.14. The number of ether oxygens (including phenoxy) is 2. The highest BCUT2D eigenvalue weighted by molar-refractivity contribution is 5.94. The largest absolute Gasteiger partial charge is 0.493 e. The fourth-order valence-corrected chi connectivity index (χ4v) is 3.30. The van der Waals surface area contributed by atoms with Gasteiger partial charge in [-0.1, -0.05) is 6.92 Å². The summed E-state index contributed by atoms with van der Waals surface area (Å²) < 4.78 is 10.9. The molecule has 2 unspecified atom stereocenters. The molecule has 2 atom stereocenters. The molecule has 1 aromatic rings. The maximum atomic E-state index is 12.4. The minimum absolute atomic E-state index is 0.0460. The summed E-state index contributed by atoms with van der Waals surface area (Å²) in [6.07, 6.45) is 1.42. The second kappa shape index (κ2) is 9.39. The van der Waals surface area contributed by atoms with Crippen molar-refractivity contribution >= 4 is 17.7 Å². The molecule has 1 aliphatic rings. The number of methoxy groups -OCH3 is 1. The zero-order chi connectivity index (χ0) is 20.0. The van der Waals surface area contributed by atoms with Gasteiger partial charge in [-0.25, -0.2) is 0 Å². The van der Waals surface area contributed by atoms with Gasteiger partial charge in [0.2, 0.25) is 5.91 Å². The van der Waals surface area contributed by atoms with E-state index in [9.17, 15) is 19.5 Å². The number of likely N-dealkylation sites (tertiary alicyclic amines) is 1. The molecule has 7 heteroatoms. The van der Waals surface area contributed by atoms with Crippen molar-refractivity contribution in [2.75, 3.05) is 26.8 Å². The van der Waals surface area contributed by atoms with Gasteiger partial charge >= 0.3 is 5.97 Å². The van der Waals surface area contributed by atoms with Gasteiger partial charge in [0.25, 0.3) is 0 Å². The van der Waals surface area contributed by atoms with E-state index in [1.54, 1.807) is 23.1 Å². The Balaban J connectivity index is 1.83. The minimum atomic E-state index is -0.844. The summed E-state index contributed by atoms with van der Waals surface area (Å²) in [5, 5.41) is 9.21. The molecule has 0 aliphatic carbocycles. The van der Waals surface area contributed by atoms with Crippen LogP contribution in [0.25, 0.3) is 0 Å². The summed E-state index contributed by atoms with van der Waals surface area (Å²) in [6.45, 7) is 4.66. The van der Waals surface area contributed by atoms with Crippen molar-refractivity contribution in [2.45, 2.75) is 33.1 Å². The number of piperidine rings is 1. The highest BCUT2D eigenvalue weighted by Gasteiger charge is 2.31. The lowest BCUT2D eigenvalue weighted by atomic mass is 9.90. The summed E-state index contributed by atoms with van der Waals surface area (Å²) >= 11 is 0. The van der Waals surface area contributed by atoms with Crippen LogP contribution < -0.4 is 9.47 Å². The third-order valence-corrected chi connectivity index (χ3v) is 4.72. The average Bonchev–Trinajstić information content (AvgIpc) is 2.64. The summed E-state index contributed by atoms with van der Waals surface area (Å²) in [4.78, 5) is 36.7. The number of rotatable bonds is 8. The SMILES string of the molecule is COc1cc(C(C)=O)ccc1OCCCC(=O)N1CC(C)CC(C(=O)O)C1. The monoisotopic (exact) mass is 377 g/mol. The Morgan fingerprint density at radius 2 is 1.96 bits per heavy atom. The van der Waals surface area contributed by atoms with E-state index in [2.05, 4.69) is 0 Å². The number of ketones is 1. The number of Topliss-reactive ketones (excluding diaryl/α,β-unsaturated/α-hetero) is 1. The van der Waals surface area contributed by atoms with Gasteiger partial charge < -0.3 is 19.5 Å². The topological polar surface area (TPSA) is 93.1 Å². The first-order chi connectivity index (χ1) is 12.8. The number of aliphatic carboxylic acids is 1. The summed E-state index contributed by atoms with van der Waals surface area (Å²) in [6, 6.07) is 4.98. The summed E-state index contributed by atoms with van der Waals surface area (Å²) in [7, 11) is 1.51. The molecule has 1 heterocycles. The van der Waals surface area contributed by atoms with Crippen molar-refractivity contribution in [1.82, 2.24) is 4.90 Å². The van der Waals surface area contributed by atoms with Gasteiger partial charge in [-0.3, -0.25) is 14.4 Å². The fraction of sp³-hybridized carbons (Fsp3) is 0.550. The Hall–Kier alpha value is -2.57. The van der Waals surface area contributed by atoms with Crippen LogP contribution in [0.5, 0.6) is 11.5 Å². The predicted molar refractivity (Wildman–Crippen MR) is 99.2 cm³/mol. The standard InChI is InChI=1S/C20H27NO6/c1-13-9-16(20(24)25)12-21(11-13)19(23)5-4-8-27-17-7-6-15(14(2)22)10-18(17)26-3/h6-7,10,13,16H,4-5,8-9,11-12H2,1-3H3,(H,24,25). The molecule has 1 amide bonds. The molecule has 0 radical (unpaired) electrons. The van der Waals surface area contributed by atoms with Crippen molar-refractivity contribution in [3.8, 4) is 11.5 Å². The average molecular weight is 377 g/mol. The van der Waals surface area contributed by atoms with Crippen molar-refractivity contribution in [2.24, 2.45) is 11.8 Å². The first kappa shape index (κ1) is 20.7. The van der Waals surface area contributed by atoms with Crippen LogP contribution in [0.4, 0.5) is 0 Å². The molecule has 1 fully saturated rings. The van der Waals surface area contributed by atoms with Crippen molar-refractivity contribution in [3.63, 3.8) is 0 Å². The van der Waals surface area contributed by atoms with Crippen LogP contribution in [0.15, 0.2) is 18.2 Å². The fourth-order valence-electron chi connectivity index (χ4n) is 3.30.